The lowest BCUT2D eigenvalue weighted by Gasteiger charge is -2.38. The van der Waals surface area contributed by atoms with Crippen molar-refractivity contribution >= 4 is 40.0 Å². The second-order valence-electron chi connectivity index (χ2n) is 14.5. The fourth-order valence-corrected chi connectivity index (χ4v) is 9.21. The highest BCUT2D eigenvalue weighted by molar-refractivity contribution is 7.19. The maximum atomic E-state index is 3.36. The van der Waals surface area contributed by atoms with Crippen LogP contribution in [0.15, 0.2) is 170 Å². The quantitative estimate of drug-likeness (QED) is 0.114. The van der Waals surface area contributed by atoms with Crippen molar-refractivity contribution in [3.8, 4) is 11.1 Å². The molecule has 0 amide bonds. The van der Waals surface area contributed by atoms with Crippen molar-refractivity contribution in [2.45, 2.75) is 38.0 Å². The second kappa shape index (κ2) is 13.6. The van der Waals surface area contributed by atoms with E-state index in [2.05, 4.69) is 216 Å². The zero-order valence-corrected chi connectivity index (χ0v) is 32.6. The molecule has 8 aromatic rings. The number of aryl methyl sites for hydroxylation is 4. The Morgan fingerprint density at radius 3 is 0.865 bits per heavy atom. The summed E-state index contributed by atoms with van der Waals surface area (Å²) in [4.78, 5) is 0. The van der Waals surface area contributed by atoms with Crippen molar-refractivity contribution in [3.63, 3.8) is 0 Å². The van der Waals surface area contributed by atoms with Gasteiger partial charge in [-0.3, -0.25) is 0 Å². The van der Waals surface area contributed by atoms with Crippen LogP contribution in [0.4, 0.5) is 0 Å². The van der Waals surface area contributed by atoms with Gasteiger partial charge in [-0.1, -0.05) is 192 Å². The third-order valence-electron chi connectivity index (χ3n) is 11.0. The monoisotopic (exact) mass is 706 g/mol. The molecule has 0 nitrogen and oxygen atoms in total. The Labute approximate surface area is 313 Å². The molecule has 0 radical (unpaired) electrons. The van der Waals surface area contributed by atoms with Gasteiger partial charge in [0.2, 0.25) is 0 Å². The van der Waals surface area contributed by atoms with Crippen molar-refractivity contribution in [2.24, 2.45) is 0 Å². The SMILES string of the molecule is Cc1ccc(C(P)(c2ccc(C)cc2)c2ccc3ccccc3c2-c2c(C(P)(c3ccc(C)cc3)c3ccc(C)cc3)ccc3ccccc23)cc1. The molecule has 0 spiro atoms. The fourth-order valence-electron chi connectivity index (χ4n) is 7.96. The molecule has 0 saturated heterocycles. The molecule has 0 aromatic heterocycles. The molecule has 0 fully saturated rings. The minimum absolute atomic E-state index is 0.549. The van der Waals surface area contributed by atoms with Crippen LogP contribution < -0.4 is 0 Å². The van der Waals surface area contributed by atoms with E-state index in [1.165, 1.54) is 88.3 Å². The molecule has 8 rings (SSSR count). The third kappa shape index (κ3) is 5.80. The molecule has 0 saturated carbocycles. The maximum Gasteiger partial charge on any atom is 0.0597 e. The smallest absolute Gasteiger partial charge is 0.0597 e. The van der Waals surface area contributed by atoms with Crippen LogP contribution in [0.25, 0.3) is 32.7 Å². The van der Waals surface area contributed by atoms with Crippen molar-refractivity contribution in [2.75, 3.05) is 0 Å². The van der Waals surface area contributed by atoms with Gasteiger partial charge >= 0.3 is 0 Å². The number of hydrogen-bond acceptors (Lipinski definition) is 0. The van der Waals surface area contributed by atoms with E-state index in [4.69, 9.17) is 0 Å². The van der Waals surface area contributed by atoms with E-state index < -0.39 is 10.3 Å². The van der Waals surface area contributed by atoms with Crippen LogP contribution in [0, 0.1) is 27.7 Å². The van der Waals surface area contributed by atoms with Crippen LogP contribution in [-0.4, -0.2) is 0 Å². The van der Waals surface area contributed by atoms with E-state index in [1.54, 1.807) is 0 Å². The summed E-state index contributed by atoms with van der Waals surface area (Å²) in [6.45, 7) is 8.66. The first-order valence-corrected chi connectivity index (χ1v) is 19.2. The highest BCUT2D eigenvalue weighted by Crippen LogP contribution is 2.55. The Kier molecular flexibility index (Phi) is 8.96. The summed E-state index contributed by atoms with van der Waals surface area (Å²) in [7, 11) is 6.72. The molecule has 0 aliphatic rings. The molecule has 52 heavy (non-hydrogen) atoms. The van der Waals surface area contributed by atoms with Crippen LogP contribution in [0.3, 0.4) is 0 Å². The van der Waals surface area contributed by atoms with Gasteiger partial charge in [0.15, 0.2) is 0 Å². The summed E-state index contributed by atoms with van der Waals surface area (Å²) in [5, 5.41) is 3.83. The largest absolute Gasteiger partial charge is 0.117 e. The van der Waals surface area contributed by atoms with Gasteiger partial charge in [-0.05, 0) is 93.7 Å². The first-order valence-electron chi connectivity index (χ1n) is 18.1. The molecule has 0 aliphatic carbocycles. The number of benzene rings is 8. The summed E-state index contributed by atoms with van der Waals surface area (Å²) in [6.07, 6.45) is 0. The molecule has 0 aliphatic heterocycles. The van der Waals surface area contributed by atoms with Crippen molar-refractivity contribution < 1.29 is 0 Å². The molecule has 8 aromatic carbocycles. The molecular formula is C50H44P2. The Balaban J connectivity index is 1.57. The highest BCUT2D eigenvalue weighted by Gasteiger charge is 2.39. The molecule has 2 unspecified atom stereocenters. The van der Waals surface area contributed by atoms with Crippen molar-refractivity contribution in [1.29, 1.82) is 0 Å². The lowest BCUT2D eigenvalue weighted by Crippen LogP contribution is -2.25. The summed E-state index contributed by atoms with van der Waals surface area (Å²) in [6, 6.07) is 63.7. The number of rotatable bonds is 7. The molecule has 2 heteroatoms. The zero-order chi connectivity index (χ0) is 36.0. The van der Waals surface area contributed by atoms with E-state index in [1.807, 2.05) is 0 Å². The Hall–Kier alpha value is -4.86. The minimum Gasteiger partial charge on any atom is -0.117 e. The van der Waals surface area contributed by atoms with Crippen LogP contribution in [0.1, 0.15) is 55.6 Å². The van der Waals surface area contributed by atoms with Crippen LogP contribution in [0.5, 0.6) is 0 Å². The van der Waals surface area contributed by atoms with Gasteiger partial charge in [0.25, 0.3) is 0 Å². The topological polar surface area (TPSA) is 0 Å². The van der Waals surface area contributed by atoms with E-state index >= 15 is 0 Å². The second-order valence-corrected chi connectivity index (χ2v) is 16.2. The Bertz CT molecular complexity index is 2270. The van der Waals surface area contributed by atoms with E-state index in [0.29, 0.717) is 0 Å². The highest BCUT2D eigenvalue weighted by atomic mass is 31.0. The molecule has 0 heterocycles. The normalized spacial score (nSPS) is 12.0. The van der Waals surface area contributed by atoms with Crippen molar-refractivity contribution in [1.82, 2.24) is 0 Å². The predicted octanol–water partition coefficient (Wildman–Crippen LogP) is 13.2. The van der Waals surface area contributed by atoms with E-state index in [9.17, 15) is 0 Å². The maximum absolute atomic E-state index is 3.36. The average molecular weight is 707 g/mol. The molecular weight excluding hydrogens is 662 g/mol. The average Bonchev–Trinajstić information content (AvgIpc) is 3.17. The van der Waals surface area contributed by atoms with Gasteiger partial charge in [0, 0.05) is 0 Å². The van der Waals surface area contributed by atoms with Crippen molar-refractivity contribution in [3.05, 3.63) is 225 Å². The molecule has 0 bridgehead atoms. The van der Waals surface area contributed by atoms with Gasteiger partial charge < -0.3 is 0 Å². The molecule has 2 atom stereocenters. The Morgan fingerprint density at radius 1 is 0.308 bits per heavy atom. The Morgan fingerprint density at radius 2 is 0.577 bits per heavy atom. The summed E-state index contributed by atoms with van der Waals surface area (Å²) >= 11 is 0. The lowest BCUT2D eigenvalue weighted by molar-refractivity contribution is 0.887. The number of hydrogen-bond donors (Lipinski definition) is 0. The molecule has 0 N–H and O–H groups in total. The summed E-state index contributed by atoms with van der Waals surface area (Å²) in [5.74, 6) is 0. The number of fused-ring (bicyclic) bond motifs is 2. The van der Waals surface area contributed by atoms with Gasteiger partial charge in [-0.2, -0.15) is 0 Å². The van der Waals surface area contributed by atoms with Crippen LogP contribution >= 0.6 is 18.5 Å². The van der Waals surface area contributed by atoms with Gasteiger partial charge in [0.1, 0.15) is 0 Å². The lowest BCUT2D eigenvalue weighted by atomic mass is 9.74. The first kappa shape index (κ1) is 34.2. The standard InChI is InChI=1S/C50H44P2/c1-33-13-23-39(24-14-33)49(51,40-25-15-34(2)16-26-40)45-31-21-37-9-5-7-11-43(37)47(45)48-44-12-8-6-10-38(44)22-32-46(48)50(52,41-27-17-35(3)18-28-41)42-29-19-36(4)20-30-42/h5-32H,51-52H2,1-4H3. The van der Waals surface area contributed by atoms with E-state index in [0.717, 1.165) is 0 Å². The van der Waals surface area contributed by atoms with Gasteiger partial charge in [-0.25, -0.2) is 0 Å². The van der Waals surface area contributed by atoms with Gasteiger partial charge in [-0.15, -0.1) is 18.5 Å². The molecule has 254 valence electrons. The first-order chi connectivity index (χ1) is 25.2. The zero-order valence-electron chi connectivity index (χ0n) is 30.3. The fraction of sp³-hybridized carbons (Fsp3) is 0.120. The van der Waals surface area contributed by atoms with Crippen LogP contribution in [-0.2, 0) is 10.3 Å². The minimum atomic E-state index is -0.549. The van der Waals surface area contributed by atoms with E-state index in [-0.39, 0.29) is 0 Å². The predicted molar refractivity (Wildman–Crippen MR) is 231 cm³/mol. The third-order valence-corrected chi connectivity index (χ3v) is 12.9. The van der Waals surface area contributed by atoms with Gasteiger partial charge in [0.05, 0.1) is 10.3 Å². The summed E-state index contributed by atoms with van der Waals surface area (Å²) < 4.78 is 0. The van der Waals surface area contributed by atoms with Crippen LogP contribution in [0.2, 0.25) is 0 Å². The summed E-state index contributed by atoms with van der Waals surface area (Å²) in [5.41, 5.74) is 15.0.